The van der Waals surface area contributed by atoms with Crippen LogP contribution in [-0.2, 0) is 16.1 Å². The lowest BCUT2D eigenvalue weighted by atomic mass is 9.83. The molecule has 43 heavy (non-hydrogen) atoms. The predicted molar refractivity (Wildman–Crippen MR) is 171 cm³/mol. The lowest BCUT2D eigenvalue weighted by molar-refractivity contribution is -0.149. The van der Waals surface area contributed by atoms with E-state index < -0.39 is 5.54 Å². The van der Waals surface area contributed by atoms with Gasteiger partial charge in [-0.05, 0) is 55.4 Å². The van der Waals surface area contributed by atoms with Crippen molar-refractivity contribution in [3.8, 4) is 11.5 Å². The van der Waals surface area contributed by atoms with Crippen molar-refractivity contribution in [2.45, 2.75) is 31.0 Å². The Bertz CT molecular complexity index is 1430. The molecule has 3 aromatic carbocycles. The lowest BCUT2D eigenvalue weighted by Gasteiger charge is -2.47. The Morgan fingerprint density at radius 3 is 2.33 bits per heavy atom. The molecule has 2 saturated heterocycles. The van der Waals surface area contributed by atoms with Crippen molar-refractivity contribution in [3.05, 3.63) is 90.0 Å². The Kier molecular flexibility index (Phi) is 9.47. The second-order valence-corrected chi connectivity index (χ2v) is 11.5. The lowest BCUT2D eigenvalue weighted by Crippen LogP contribution is -2.64. The molecule has 0 bridgehead atoms. The Morgan fingerprint density at radius 2 is 1.67 bits per heavy atom. The van der Waals surface area contributed by atoms with Crippen LogP contribution in [0.25, 0.3) is 0 Å². The molecular formula is C33H39N5O4S. The van der Waals surface area contributed by atoms with E-state index in [-0.39, 0.29) is 24.4 Å². The third-order valence-corrected chi connectivity index (χ3v) is 8.79. The van der Waals surface area contributed by atoms with Gasteiger partial charge < -0.3 is 34.8 Å². The molecule has 10 heteroatoms. The molecule has 226 valence electrons. The maximum Gasteiger partial charge on any atom is 0.250 e. The van der Waals surface area contributed by atoms with E-state index in [9.17, 15) is 9.59 Å². The number of likely N-dealkylation sites (tertiary alicyclic amines) is 1. The van der Waals surface area contributed by atoms with E-state index in [0.29, 0.717) is 61.3 Å². The summed E-state index contributed by atoms with van der Waals surface area (Å²) in [7, 11) is 5.17. The first-order valence-electron chi connectivity index (χ1n) is 14.5. The van der Waals surface area contributed by atoms with E-state index in [2.05, 4.69) is 27.7 Å². The van der Waals surface area contributed by atoms with Crippen LogP contribution in [0, 0.1) is 0 Å². The predicted octanol–water partition coefficient (Wildman–Crippen LogP) is 4.07. The van der Waals surface area contributed by atoms with E-state index in [1.165, 1.54) is 0 Å². The number of rotatable bonds is 10. The number of hydrogen-bond donors (Lipinski definition) is 2. The van der Waals surface area contributed by atoms with Crippen molar-refractivity contribution >= 4 is 34.8 Å². The van der Waals surface area contributed by atoms with Crippen molar-refractivity contribution in [1.82, 2.24) is 20.0 Å². The maximum atomic E-state index is 14.4. The smallest absolute Gasteiger partial charge is 0.250 e. The van der Waals surface area contributed by atoms with Crippen molar-refractivity contribution in [2.75, 3.05) is 52.8 Å². The van der Waals surface area contributed by atoms with Gasteiger partial charge in [-0.25, -0.2) is 0 Å². The number of thiocarbonyl (C=S) groups is 1. The SMILES string of the molecule is COc1ccc(NC(=O)C2(N(Cc3ccccc3)C(=O)CN3CC(c4ccccc4)NC3=S)CCN(C)CC2)c(OC)c1. The fourth-order valence-corrected chi connectivity index (χ4v) is 6.12. The number of carbonyl (C=O) groups excluding carboxylic acids is 2. The molecule has 2 heterocycles. The summed E-state index contributed by atoms with van der Waals surface area (Å²) in [5, 5.41) is 7.00. The van der Waals surface area contributed by atoms with E-state index in [0.717, 1.165) is 11.1 Å². The summed E-state index contributed by atoms with van der Waals surface area (Å²) in [5.41, 5.74) is 1.50. The van der Waals surface area contributed by atoms with Gasteiger partial charge in [0.1, 0.15) is 17.0 Å². The van der Waals surface area contributed by atoms with Gasteiger partial charge in [-0.3, -0.25) is 9.59 Å². The number of hydrogen-bond acceptors (Lipinski definition) is 6. The number of amides is 2. The van der Waals surface area contributed by atoms with Crippen LogP contribution in [0.4, 0.5) is 5.69 Å². The molecule has 1 unspecified atom stereocenters. The standard InChI is InChI=1S/C33H39N5O4S/c1-36-18-16-33(17-19-36,31(40)34-27-15-14-26(41-2)20-29(27)42-3)38(21-24-10-6-4-7-11-24)30(39)23-37-22-28(35-32(37)43)25-12-8-5-9-13-25/h4-15,20,28H,16-19,21-23H2,1-3H3,(H,34,40)(H,35,43). The van der Waals surface area contributed by atoms with Crippen molar-refractivity contribution in [3.63, 3.8) is 0 Å². The van der Waals surface area contributed by atoms with Crippen LogP contribution in [0.3, 0.4) is 0 Å². The van der Waals surface area contributed by atoms with E-state index in [1.54, 1.807) is 37.3 Å². The minimum atomic E-state index is -1.09. The van der Waals surface area contributed by atoms with Crippen LogP contribution in [0.2, 0.25) is 0 Å². The summed E-state index contributed by atoms with van der Waals surface area (Å²) >= 11 is 5.67. The number of carbonyl (C=O) groups is 2. The molecule has 2 aliphatic heterocycles. The second-order valence-electron chi connectivity index (χ2n) is 11.1. The van der Waals surface area contributed by atoms with Crippen molar-refractivity contribution in [2.24, 2.45) is 0 Å². The zero-order valence-electron chi connectivity index (χ0n) is 24.9. The third-order valence-electron chi connectivity index (χ3n) is 8.41. The van der Waals surface area contributed by atoms with E-state index in [4.69, 9.17) is 21.7 Å². The summed E-state index contributed by atoms with van der Waals surface area (Å²) in [5.74, 6) is 0.714. The number of nitrogens with one attached hydrogen (secondary N) is 2. The first-order valence-corrected chi connectivity index (χ1v) is 14.9. The molecule has 1 atom stereocenters. The van der Waals surface area contributed by atoms with Gasteiger partial charge in [-0.2, -0.15) is 0 Å². The van der Waals surface area contributed by atoms with Crippen molar-refractivity contribution in [1.29, 1.82) is 0 Å². The quantitative estimate of drug-likeness (QED) is 0.337. The zero-order chi connectivity index (χ0) is 30.4. The number of piperidine rings is 1. The normalized spacial score (nSPS) is 18.1. The first kappa shape index (κ1) is 30.3. The summed E-state index contributed by atoms with van der Waals surface area (Å²) in [6, 6.07) is 25.2. The van der Waals surface area contributed by atoms with Gasteiger partial charge in [-0.15, -0.1) is 0 Å². The number of anilines is 1. The number of ether oxygens (including phenoxy) is 2. The summed E-state index contributed by atoms with van der Waals surface area (Å²) in [4.78, 5) is 34.7. The highest BCUT2D eigenvalue weighted by Gasteiger charge is 2.48. The third kappa shape index (κ3) is 6.76. The van der Waals surface area contributed by atoms with Crippen molar-refractivity contribution < 1.29 is 19.1 Å². The zero-order valence-corrected chi connectivity index (χ0v) is 25.7. The highest BCUT2D eigenvalue weighted by atomic mass is 32.1. The maximum absolute atomic E-state index is 14.4. The highest BCUT2D eigenvalue weighted by Crippen LogP contribution is 2.35. The van der Waals surface area contributed by atoms with Gasteiger partial charge >= 0.3 is 0 Å². The monoisotopic (exact) mass is 601 g/mol. The minimum Gasteiger partial charge on any atom is -0.497 e. The van der Waals surface area contributed by atoms with Crippen LogP contribution in [0.5, 0.6) is 11.5 Å². The highest BCUT2D eigenvalue weighted by molar-refractivity contribution is 7.80. The van der Waals surface area contributed by atoms with Gasteiger partial charge in [0.2, 0.25) is 5.91 Å². The molecule has 5 rings (SSSR count). The summed E-state index contributed by atoms with van der Waals surface area (Å²) in [6.07, 6.45) is 0.976. The Labute approximate surface area is 258 Å². The molecule has 2 aliphatic rings. The molecule has 2 N–H and O–H groups in total. The fourth-order valence-electron chi connectivity index (χ4n) is 5.84. The Hall–Kier alpha value is -4.15. The van der Waals surface area contributed by atoms with Gasteiger partial charge in [0.05, 0.1) is 32.5 Å². The molecule has 0 aliphatic carbocycles. The molecule has 0 spiro atoms. The number of nitrogens with zero attached hydrogens (tertiary/aromatic N) is 3. The molecule has 3 aromatic rings. The van der Waals surface area contributed by atoms with Gasteiger partial charge in [0.15, 0.2) is 5.11 Å². The Balaban J connectivity index is 1.46. The molecule has 0 radical (unpaired) electrons. The van der Waals surface area contributed by atoms with Gasteiger partial charge in [0, 0.05) is 32.2 Å². The van der Waals surface area contributed by atoms with Gasteiger partial charge in [0.25, 0.3) is 5.91 Å². The van der Waals surface area contributed by atoms with Crippen LogP contribution in [-0.4, -0.2) is 84.6 Å². The molecule has 2 fully saturated rings. The largest absolute Gasteiger partial charge is 0.497 e. The average molecular weight is 602 g/mol. The van der Waals surface area contributed by atoms with Crippen LogP contribution >= 0.6 is 12.2 Å². The molecular weight excluding hydrogens is 562 g/mol. The first-order chi connectivity index (χ1) is 20.8. The van der Waals surface area contributed by atoms with Gasteiger partial charge in [-0.1, -0.05) is 60.7 Å². The van der Waals surface area contributed by atoms with E-state index >= 15 is 0 Å². The minimum absolute atomic E-state index is 0.00722. The van der Waals surface area contributed by atoms with Crippen LogP contribution in [0.1, 0.15) is 30.0 Å². The number of benzene rings is 3. The molecule has 2 amide bonds. The summed E-state index contributed by atoms with van der Waals surface area (Å²) < 4.78 is 10.9. The van der Waals surface area contributed by atoms with Crippen LogP contribution < -0.4 is 20.1 Å². The second kappa shape index (κ2) is 13.4. The average Bonchev–Trinajstić information content (AvgIpc) is 3.41. The van der Waals surface area contributed by atoms with E-state index in [1.807, 2.05) is 60.5 Å². The molecule has 0 saturated carbocycles. The molecule has 9 nitrogen and oxygen atoms in total. The number of methoxy groups -OCH3 is 2. The molecule has 0 aromatic heterocycles. The fraction of sp³-hybridized carbons (Fsp3) is 0.364. The summed E-state index contributed by atoms with van der Waals surface area (Å²) in [6.45, 7) is 2.28. The van der Waals surface area contributed by atoms with Crippen LogP contribution in [0.15, 0.2) is 78.9 Å². The topological polar surface area (TPSA) is 86.4 Å². The Morgan fingerprint density at radius 1 is 1.00 bits per heavy atom.